The van der Waals surface area contributed by atoms with Gasteiger partial charge in [0.25, 0.3) is 10.0 Å². The van der Waals surface area contributed by atoms with Gasteiger partial charge in [0.15, 0.2) is 11.5 Å². The molecule has 8 heteroatoms. The van der Waals surface area contributed by atoms with Crippen molar-refractivity contribution < 1.29 is 22.7 Å². The fourth-order valence-electron chi connectivity index (χ4n) is 2.02. The second-order valence-corrected chi connectivity index (χ2v) is 6.62. The third-order valence-electron chi connectivity index (χ3n) is 3.19. The van der Waals surface area contributed by atoms with Gasteiger partial charge < -0.3 is 14.8 Å². The van der Waals surface area contributed by atoms with Crippen LogP contribution < -0.4 is 19.5 Å². The Balaban J connectivity index is 1.73. The fourth-order valence-corrected chi connectivity index (χ4v) is 2.94. The number of nitrogens with one attached hydrogen (secondary N) is 2. The average molecular weight is 334 g/mol. The smallest absolute Gasteiger partial charge is 0.333 e. The first-order valence-electron chi connectivity index (χ1n) is 6.74. The lowest BCUT2D eigenvalue weighted by molar-refractivity contribution is 0.174. The predicted molar refractivity (Wildman–Crippen MR) is 83.1 cm³/mol. The van der Waals surface area contributed by atoms with Crippen LogP contribution in [0.25, 0.3) is 0 Å². The van der Waals surface area contributed by atoms with Crippen LogP contribution in [0.4, 0.5) is 10.5 Å². The molecule has 0 unspecified atom stereocenters. The number of fused-ring (bicyclic) bond motifs is 1. The van der Waals surface area contributed by atoms with Crippen LogP contribution >= 0.6 is 0 Å². The van der Waals surface area contributed by atoms with Crippen LogP contribution in [0.2, 0.25) is 0 Å². The van der Waals surface area contributed by atoms with E-state index < -0.39 is 16.1 Å². The summed E-state index contributed by atoms with van der Waals surface area (Å²) < 4.78 is 36.6. The van der Waals surface area contributed by atoms with Crippen LogP contribution in [0, 0.1) is 6.92 Å². The average Bonchev–Trinajstić information content (AvgIpc) is 2.96. The number of benzene rings is 2. The zero-order chi connectivity index (χ0) is 16.4. The minimum Gasteiger partial charge on any atom is -0.454 e. The molecule has 0 bridgehead atoms. The number of anilines is 1. The standard InChI is InChI=1S/C15H14N2O5S/c1-10-2-4-11(5-3-10)16-15(18)17-23(19,20)12-6-7-13-14(8-12)22-9-21-13/h2-8H,9H2,1H3,(H2,16,17,18). The highest BCUT2D eigenvalue weighted by atomic mass is 32.2. The SMILES string of the molecule is Cc1ccc(NC(=O)NS(=O)(=O)c2ccc3c(c2)OCO3)cc1. The van der Waals surface area contributed by atoms with Gasteiger partial charge in [-0.2, -0.15) is 0 Å². The van der Waals surface area contributed by atoms with Crippen LogP contribution in [0.1, 0.15) is 5.56 Å². The molecule has 1 aliphatic heterocycles. The summed E-state index contributed by atoms with van der Waals surface area (Å²) in [4.78, 5) is 11.8. The highest BCUT2D eigenvalue weighted by Gasteiger charge is 2.22. The molecular formula is C15H14N2O5S. The zero-order valence-electron chi connectivity index (χ0n) is 12.2. The molecule has 0 fully saturated rings. The van der Waals surface area contributed by atoms with Gasteiger partial charge in [-0.3, -0.25) is 0 Å². The van der Waals surface area contributed by atoms with Crippen molar-refractivity contribution in [3.63, 3.8) is 0 Å². The molecule has 0 saturated carbocycles. The van der Waals surface area contributed by atoms with Crippen molar-refractivity contribution in [3.8, 4) is 11.5 Å². The van der Waals surface area contributed by atoms with Gasteiger partial charge in [-0.1, -0.05) is 17.7 Å². The van der Waals surface area contributed by atoms with E-state index in [4.69, 9.17) is 9.47 Å². The first-order chi connectivity index (χ1) is 10.9. The minimum atomic E-state index is -4.01. The van der Waals surface area contributed by atoms with E-state index in [1.807, 2.05) is 23.8 Å². The van der Waals surface area contributed by atoms with Crippen molar-refractivity contribution >= 4 is 21.7 Å². The summed E-state index contributed by atoms with van der Waals surface area (Å²) in [6.07, 6.45) is 0. The van der Waals surface area contributed by atoms with E-state index in [-0.39, 0.29) is 11.7 Å². The number of amides is 2. The second-order valence-electron chi connectivity index (χ2n) is 4.94. The summed E-state index contributed by atoms with van der Waals surface area (Å²) in [5.41, 5.74) is 1.53. The van der Waals surface area contributed by atoms with Crippen molar-refractivity contribution in [1.82, 2.24) is 4.72 Å². The summed E-state index contributed by atoms with van der Waals surface area (Å²) >= 11 is 0. The topological polar surface area (TPSA) is 93.7 Å². The van der Waals surface area contributed by atoms with Crippen LogP contribution in [0.5, 0.6) is 11.5 Å². The molecule has 0 saturated heterocycles. The lowest BCUT2D eigenvalue weighted by Gasteiger charge is -2.09. The van der Waals surface area contributed by atoms with Crippen molar-refractivity contribution in [2.75, 3.05) is 12.1 Å². The summed E-state index contributed by atoms with van der Waals surface area (Å²) in [6, 6.07) is 10.3. The number of carbonyl (C=O) groups is 1. The van der Waals surface area contributed by atoms with Crippen LogP contribution in [-0.4, -0.2) is 21.2 Å². The molecular weight excluding hydrogens is 320 g/mol. The van der Waals surface area contributed by atoms with E-state index in [0.29, 0.717) is 17.2 Å². The Hall–Kier alpha value is -2.74. The summed E-state index contributed by atoms with van der Waals surface area (Å²) in [6.45, 7) is 1.95. The van der Waals surface area contributed by atoms with Gasteiger partial charge in [0.05, 0.1) is 4.90 Å². The Morgan fingerprint density at radius 3 is 2.48 bits per heavy atom. The van der Waals surface area contributed by atoms with Crippen LogP contribution in [0.15, 0.2) is 47.4 Å². The van der Waals surface area contributed by atoms with E-state index in [2.05, 4.69) is 5.32 Å². The molecule has 1 heterocycles. The molecule has 1 aliphatic rings. The monoisotopic (exact) mass is 334 g/mol. The summed E-state index contributed by atoms with van der Waals surface area (Å²) in [7, 11) is -4.01. The van der Waals surface area contributed by atoms with Gasteiger partial charge in [0.1, 0.15) is 0 Å². The molecule has 23 heavy (non-hydrogen) atoms. The highest BCUT2D eigenvalue weighted by Crippen LogP contribution is 2.33. The molecule has 120 valence electrons. The third kappa shape index (κ3) is 3.37. The number of hydrogen-bond acceptors (Lipinski definition) is 5. The molecule has 0 spiro atoms. The van der Waals surface area contributed by atoms with Crippen molar-refractivity contribution in [3.05, 3.63) is 48.0 Å². The first-order valence-corrected chi connectivity index (χ1v) is 8.22. The summed E-state index contributed by atoms with van der Waals surface area (Å²) in [5.74, 6) is 0.792. The minimum absolute atomic E-state index is 0.0418. The van der Waals surface area contributed by atoms with Gasteiger partial charge in [-0.15, -0.1) is 0 Å². The van der Waals surface area contributed by atoms with Gasteiger partial charge in [-0.25, -0.2) is 17.9 Å². The van der Waals surface area contributed by atoms with E-state index in [0.717, 1.165) is 5.56 Å². The number of ether oxygens (including phenoxy) is 2. The maximum atomic E-state index is 12.2. The molecule has 7 nitrogen and oxygen atoms in total. The highest BCUT2D eigenvalue weighted by molar-refractivity contribution is 7.90. The van der Waals surface area contributed by atoms with Crippen LogP contribution in [0.3, 0.4) is 0 Å². The lowest BCUT2D eigenvalue weighted by Crippen LogP contribution is -2.34. The summed E-state index contributed by atoms with van der Waals surface area (Å²) in [5, 5.41) is 2.46. The molecule has 0 radical (unpaired) electrons. The van der Waals surface area contributed by atoms with E-state index in [1.54, 1.807) is 12.1 Å². The Morgan fingerprint density at radius 1 is 1.04 bits per heavy atom. The zero-order valence-corrected chi connectivity index (χ0v) is 13.0. The van der Waals surface area contributed by atoms with Crippen molar-refractivity contribution in [1.29, 1.82) is 0 Å². The number of carbonyl (C=O) groups excluding carboxylic acids is 1. The maximum Gasteiger partial charge on any atom is 0.333 e. The van der Waals surface area contributed by atoms with Crippen molar-refractivity contribution in [2.24, 2.45) is 0 Å². The number of aryl methyl sites for hydroxylation is 1. The molecule has 2 aromatic carbocycles. The molecule has 0 aliphatic carbocycles. The maximum absolute atomic E-state index is 12.2. The van der Waals surface area contributed by atoms with E-state index >= 15 is 0 Å². The molecule has 0 atom stereocenters. The molecule has 2 aromatic rings. The van der Waals surface area contributed by atoms with Gasteiger partial charge >= 0.3 is 6.03 Å². The Morgan fingerprint density at radius 2 is 1.74 bits per heavy atom. The van der Waals surface area contributed by atoms with E-state index in [9.17, 15) is 13.2 Å². The van der Waals surface area contributed by atoms with Gasteiger partial charge in [0.2, 0.25) is 6.79 Å². The quantitative estimate of drug-likeness (QED) is 0.898. The molecule has 0 aromatic heterocycles. The van der Waals surface area contributed by atoms with Crippen molar-refractivity contribution in [2.45, 2.75) is 11.8 Å². The Labute approximate surface area is 133 Å². The molecule has 2 N–H and O–H groups in total. The van der Waals surface area contributed by atoms with Crippen LogP contribution in [-0.2, 0) is 10.0 Å². The Kier molecular flexibility index (Phi) is 3.83. The predicted octanol–water partition coefficient (Wildman–Crippen LogP) is 2.23. The number of hydrogen-bond donors (Lipinski definition) is 2. The Bertz CT molecular complexity index is 847. The molecule has 3 rings (SSSR count). The molecule has 2 amide bonds. The van der Waals surface area contributed by atoms with Gasteiger partial charge in [0, 0.05) is 11.8 Å². The number of urea groups is 1. The first kappa shape index (κ1) is 15.2. The second kappa shape index (κ2) is 5.81. The number of rotatable bonds is 3. The van der Waals surface area contributed by atoms with E-state index in [1.165, 1.54) is 18.2 Å². The van der Waals surface area contributed by atoms with Gasteiger partial charge in [-0.05, 0) is 31.2 Å². The fraction of sp³-hybridized carbons (Fsp3) is 0.133. The largest absolute Gasteiger partial charge is 0.454 e. The normalized spacial score (nSPS) is 12.7. The lowest BCUT2D eigenvalue weighted by atomic mass is 10.2. The third-order valence-corrected chi connectivity index (χ3v) is 4.52. The number of sulfonamides is 1.